The second-order valence-electron chi connectivity index (χ2n) is 5.25. The summed E-state index contributed by atoms with van der Waals surface area (Å²) in [6.45, 7) is 6.22. The molecule has 1 heterocycles. The van der Waals surface area contributed by atoms with Crippen molar-refractivity contribution in [2.45, 2.75) is 33.4 Å². The number of nitrogens with zero attached hydrogens (tertiary/aromatic N) is 1. The van der Waals surface area contributed by atoms with E-state index in [1.165, 1.54) is 0 Å². The summed E-state index contributed by atoms with van der Waals surface area (Å²) in [5, 5.41) is 2.88. The zero-order valence-electron chi connectivity index (χ0n) is 12.6. The van der Waals surface area contributed by atoms with Gasteiger partial charge in [0.15, 0.2) is 0 Å². The van der Waals surface area contributed by atoms with E-state index < -0.39 is 0 Å². The Hall–Kier alpha value is -2.36. The third kappa shape index (κ3) is 4.60. The zero-order valence-corrected chi connectivity index (χ0v) is 12.6. The summed E-state index contributed by atoms with van der Waals surface area (Å²) in [6.07, 6.45) is 1.70. The van der Waals surface area contributed by atoms with Gasteiger partial charge in [-0.25, -0.2) is 0 Å². The van der Waals surface area contributed by atoms with Gasteiger partial charge in [0.1, 0.15) is 12.4 Å². The lowest BCUT2D eigenvalue weighted by molar-refractivity contribution is 0.0943. The number of aryl methyl sites for hydroxylation is 1. The van der Waals surface area contributed by atoms with Gasteiger partial charge in [-0.2, -0.15) is 0 Å². The Morgan fingerprint density at radius 3 is 2.76 bits per heavy atom. The molecule has 21 heavy (non-hydrogen) atoms. The average molecular weight is 284 g/mol. The standard InChI is InChI=1S/C17H20N2O2/c1-12(2)19-17(20)15-6-4-5-14(9-15)11-21-16-8-7-13(3)18-10-16/h4-10,12H,11H2,1-3H3,(H,19,20). The monoisotopic (exact) mass is 284 g/mol. The molecule has 0 saturated heterocycles. The van der Waals surface area contributed by atoms with E-state index in [1.807, 2.05) is 51.1 Å². The van der Waals surface area contributed by atoms with E-state index in [4.69, 9.17) is 4.74 Å². The van der Waals surface area contributed by atoms with Crippen LogP contribution in [0.1, 0.15) is 35.5 Å². The van der Waals surface area contributed by atoms with Gasteiger partial charge in [0.05, 0.1) is 6.20 Å². The van der Waals surface area contributed by atoms with Gasteiger partial charge in [0.25, 0.3) is 5.91 Å². The molecule has 4 nitrogen and oxygen atoms in total. The number of amides is 1. The van der Waals surface area contributed by atoms with Gasteiger partial charge >= 0.3 is 0 Å². The van der Waals surface area contributed by atoms with E-state index in [-0.39, 0.29) is 11.9 Å². The molecule has 1 amide bonds. The van der Waals surface area contributed by atoms with E-state index in [0.717, 1.165) is 17.0 Å². The number of pyridine rings is 1. The van der Waals surface area contributed by atoms with Crippen molar-refractivity contribution in [3.8, 4) is 5.75 Å². The molecule has 2 aromatic rings. The Balaban J connectivity index is 2.00. The minimum absolute atomic E-state index is 0.0659. The first-order valence-electron chi connectivity index (χ1n) is 7.00. The second kappa shape index (κ2) is 6.88. The third-order valence-corrected chi connectivity index (χ3v) is 2.90. The summed E-state index contributed by atoms with van der Waals surface area (Å²) < 4.78 is 5.67. The van der Waals surface area contributed by atoms with Gasteiger partial charge in [-0.3, -0.25) is 9.78 Å². The molecule has 110 valence electrons. The summed E-state index contributed by atoms with van der Waals surface area (Å²) in [5.41, 5.74) is 2.55. The first-order chi connectivity index (χ1) is 10.0. The fourth-order valence-electron chi connectivity index (χ4n) is 1.85. The number of hydrogen-bond acceptors (Lipinski definition) is 3. The maximum atomic E-state index is 12.0. The first kappa shape index (κ1) is 15.0. The SMILES string of the molecule is Cc1ccc(OCc2cccc(C(=O)NC(C)C)c2)cn1. The molecule has 0 fully saturated rings. The van der Waals surface area contributed by atoms with Crippen LogP contribution in [0.25, 0.3) is 0 Å². The molecule has 0 unspecified atom stereocenters. The Kier molecular flexibility index (Phi) is 4.93. The molecule has 0 aliphatic heterocycles. The minimum Gasteiger partial charge on any atom is -0.487 e. The fraction of sp³-hybridized carbons (Fsp3) is 0.294. The number of hydrogen-bond donors (Lipinski definition) is 1. The maximum absolute atomic E-state index is 12.0. The quantitative estimate of drug-likeness (QED) is 0.918. The molecule has 0 saturated carbocycles. The highest BCUT2D eigenvalue weighted by Crippen LogP contribution is 2.13. The van der Waals surface area contributed by atoms with Crippen LogP contribution >= 0.6 is 0 Å². The van der Waals surface area contributed by atoms with Crippen LogP contribution < -0.4 is 10.1 Å². The topological polar surface area (TPSA) is 51.2 Å². The molecule has 1 N–H and O–H groups in total. The van der Waals surface area contributed by atoms with Gasteiger partial charge in [-0.1, -0.05) is 12.1 Å². The van der Waals surface area contributed by atoms with Crippen LogP contribution in [0.3, 0.4) is 0 Å². The van der Waals surface area contributed by atoms with Gasteiger partial charge in [0.2, 0.25) is 0 Å². The van der Waals surface area contributed by atoms with Crippen molar-refractivity contribution in [2.24, 2.45) is 0 Å². The van der Waals surface area contributed by atoms with Gasteiger partial charge < -0.3 is 10.1 Å². The van der Waals surface area contributed by atoms with Crippen LogP contribution in [0.2, 0.25) is 0 Å². The van der Waals surface area contributed by atoms with Crippen molar-refractivity contribution in [1.82, 2.24) is 10.3 Å². The summed E-state index contributed by atoms with van der Waals surface area (Å²) in [5.74, 6) is 0.654. The number of rotatable bonds is 5. The average Bonchev–Trinajstić information content (AvgIpc) is 2.46. The molecule has 0 spiro atoms. The van der Waals surface area contributed by atoms with Crippen LogP contribution in [-0.4, -0.2) is 16.9 Å². The summed E-state index contributed by atoms with van der Waals surface area (Å²) >= 11 is 0. The van der Waals surface area contributed by atoms with Crippen LogP contribution in [-0.2, 0) is 6.61 Å². The van der Waals surface area contributed by atoms with Gasteiger partial charge in [0, 0.05) is 17.3 Å². The zero-order chi connectivity index (χ0) is 15.2. The smallest absolute Gasteiger partial charge is 0.251 e. The van der Waals surface area contributed by atoms with E-state index in [1.54, 1.807) is 12.3 Å². The van der Waals surface area contributed by atoms with Crippen molar-refractivity contribution < 1.29 is 9.53 Å². The molecular weight excluding hydrogens is 264 g/mol. The van der Waals surface area contributed by atoms with Crippen molar-refractivity contribution in [1.29, 1.82) is 0 Å². The van der Waals surface area contributed by atoms with Crippen LogP contribution in [0.15, 0.2) is 42.6 Å². The summed E-state index contributed by atoms with van der Waals surface area (Å²) in [6, 6.07) is 11.4. The second-order valence-corrected chi connectivity index (χ2v) is 5.25. The normalized spacial score (nSPS) is 10.5. The highest BCUT2D eigenvalue weighted by atomic mass is 16.5. The minimum atomic E-state index is -0.0659. The maximum Gasteiger partial charge on any atom is 0.251 e. The lowest BCUT2D eigenvalue weighted by atomic mass is 10.1. The van der Waals surface area contributed by atoms with Crippen molar-refractivity contribution in [3.05, 3.63) is 59.4 Å². The predicted octanol–water partition coefficient (Wildman–Crippen LogP) is 3.11. The summed E-state index contributed by atoms with van der Waals surface area (Å²) in [4.78, 5) is 16.1. The predicted molar refractivity (Wildman–Crippen MR) is 82.4 cm³/mol. The molecule has 1 aromatic heterocycles. The largest absolute Gasteiger partial charge is 0.487 e. The summed E-state index contributed by atoms with van der Waals surface area (Å²) in [7, 11) is 0. The van der Waals surface area contributed by atoms with Crippen LogP contribution in [0.5, 0.6) is 5.75 Å². The fourth-order valence-corrected chi connectivity index (χ4v) is 1.85. The highest BCUT2D eigenvalue weighted by Gasteiger charge is 2.07. The molecule has 1 aromatic carbocycles. The van der Waals surface area contributed by atoms with E-state index in [2.05, 4.69) is 10.3 Å². The molecule has 0 aliphatic rings. The van der Waals surface area contributed by atoms with Gasteiger partial charge in [-0.15, -0.1) is 0 Å². The Morgan fingerprint density at radius 2 is 2.10 bits per heavy atom. The number of carbonyl (C=O) groups is 1. The Labute approximate surface area is 125 Å². The Bertz CT molecular complexity index is 606. The Morgan fingerprint density at radius 1 is 1.29 bits per heavy atom. The van der Waals surface area contributed by atoms with Crippen LogP contribution in [0, 0.1) is 6.92 Å². The van der Waals surface area contributed by atoms with E-state index in [0.29, 0.717) is 12.2 Å². The molecule has 0 atom stereocenters. The number of aromatic nitrogens is 1. The molecule has 0 aliphatic carbocycles. The lowest BCUT2D eigenvalue weighted by Crippen LogP contribution is -2.30. The first-order valence-corrected chi connectivity index (χ1v) is 7.00. The molecular formula is C17H20N2O2. The number of carbonyl (C=O) groups excluding carboxylic acids is 1. The molecule has 2 rings (SSSR count). The highest BCUT2D eigenvalue weighted by molar-refractivity contribution is 5.94. The number of ether oxygens (including phenoxy) is 1. The lowest BCUT2D eigenvalue weighted by Gasteiger charge is -2.10. The van der Waals surface area contributed by atoms with Crippen molar-refractivity contribution >= 4 is 5.91 Å². The number of benzene rings is 1. The van der Waals surface area contributed by atoms with Gasteiger partial charge in [-0.05, 0) is 50.6 Å². The molecule has 0 radical (unpaired) electrons. The third-order valence-electron chi connectivity index (χ3n) is 2.90. The molecule has 0 bridgehead atoms. The van der Waals surface area contributed by atoms with Crippen molar-refractivity contribution in [2.75, 3.05) is 0 Å². The molecule has 4 heteroatoms. The van der Waals surface area contributed by atoms with E-state index in [9.17, 15) is 4.79 Å². The van der Waals surface area contributed by atoms with Crippen molar-refractivity contribution in [3.63, 3.8) is 0 Å². The number of nitrogens with one attached hydrogen (secondary N) is 1. The van der Waals surface area contributed by atoms with E-state index >= 15 is 0 Å². The van der Waals surface area contributed by atoms with Crippen LogP contribution in [0.4, 0.5) is 0 Å².